The number of nitrogens with two attached hydrogens (primary N) is 1. The molecule has 0 saturated heterocycles. The molecule has 0 aliphatic heterocycles. The number of aliphatic imine (C=N–C) groups is 1. The molecule has 1 aromatic heterocycles. The maximum Gasteiger partial charge on any atom is 0.261 e. The number of anilines is 1. The lowest BCUT2D eigenvalue weighted by molar-refractivity contribution is 0.191. The SMILES string of the molecule is CN=C(N)c1c(NC[C@@H](O)c2ccccc2)cc[nH]c1=O. The second kappa shape index (κ2) is 6.71. The molecule has 21 heavy (non-hydrogen) atoms. The van der Waals surface area contributed by atoms with Crippen LogP contribution in [0.25, 0.3) is 0 Å². The van der Waals surface area contributed by atoms with Gasteiger partial charge in [0.2, 0.25) is 0 Å². The highest BCUT2D eigenvalue weighted by atomic mass is 16.3. The molecule has 6 nitrogen and oxygen atoms in total. The summed E-state index contributed by atoms with van der Waals surface area (Å²) in [7, 11) is 1.52. The molecule has 0 amide bonds. The van der Waals surface area contributed by atoms with Gasteiger partial charge >= 0.3 is 0 Å². The van der Waals surface area contributed by atoms with E-state index >= 15 is 0 Å². The molecule has 0 aliphatic rings. The van der Waals surface area contributed by atoms with Gasteiger partial charge in [-0.25, -0.2) is 0 Å². The number of aromatic amines is 1. The number of nitrogens with one attached hydrogen (secondary N) is 2. The van der Waals surface area contributed by atoms with E-state index in [4.69, 9.17) is 5.73 Å². The molecule has 0 saturated carbocycles. The van der Waals surface area contributed by atoms with Gasteiger partial charge in [0.05, 0.1) is 11.8 Å². The monoisotopic (exact) mass is 286 g/mol. The summed E-state index contributed by atoms with van der Waals surface area (Å²) in [4.78, 5) is 18.2. The van der Waals surface area contributed by atoms with Crippen LogP contribution in [0, 0.1) is 0 Å². The first-order chi connectivity index (χ1) is 10.1. The van der Waals surface area contributed by atoms with Crippen LogP contribution in [0.3, 0.4) is 0 Å². The summed E-state index contributed by atoms with van der Waals surface area (Å²) in [5.74, 6) is 0.147. The fourth-order valence-electron chi connectivity index (χ4n) is 1.99. The van der Waals surface area contributed by atoms with E-state index in [0.717, 1.165) is 5.56 Å². The van der Waals surface area contributed by atoms with Crippen molar-refractivity contribution in [3.8, 4) is 0 Å². The Morgan fingerprint density at radius 1 is 1.38 bits per heavy atom. The topological polar surface area (TPSA) is 104 Å². The lowest BCUT2D eigenvalue weighted by Crippen LogP contribution is -2.27. The van der Waals surface area contributed by atoms with Gasteiger partial charge in [0.25, 0.3) is 5.56 Å². The Hall–Kier alpha value is -2.60. The summed E-state index contributed by atoms with van der Waals surface area (Å²) in [6, 6.07) is 11.0. The van der Waals surface area contributed by atoms with Gasteiger partial charge in [-0.3, -0.25) is 9.79 Å². The standard InChI is InChI=1S/C15H18N4O2/c1-17-14(16)13-11(7-8-18-15(13)21)19-9-12(20)10-5-3-2-4-6-10/h2-8,12,20H,9H2,1H3,(H2,16,17)(H2,18,19,21)/t12-/m1/s1. The summed E-state index contributed by atoms with van der Waals surface area (Å²) in [6.07, 6.45) is 0.838. The van der Waals surface area contributed by atoms with Crippen molar-refractivity contribution in [1.29, 1.82) is 0 Å². The summed E-state index contributed by atoms with van der Waals surface area (Å²) in [5.41, 5.74) is 7.04. The molecule has 0 spiro atoms. The van der Waals surface area contributed by atoms with E-state index in [2.05, 4.69) is 15.3 Å². The van der Waals surface area contributed by atoms with Gasteiger partial charge < -0.3 is 21.1 Å². The Morgan fingerprint density at radius 3 is 2.76 bits per heavy atom. The van der Waals surface area contributed by atoms with Gasteiger partial charge in [-0.05, 0) is 11.6 Å². The van der Waals surface area contributed by atoms with E-state index < -0.39 is 6.10 Å². The minimum atomic E-state index is -0.682. The zero-order valence-electron chi connectivity index (χ0n) is 11.7. The number of pyridine rings is 1. The molecular formula is C15H18N4O2. The molecule has 0 fully saturated rings. The van der Waals surface area contributed by atoms with Crippen LogP contribution in [-0.2, 0) is 0 Å². The molecule has 5 N–H and O–H groups in total. The van der Waals surface area contributed by atoms with Gasteiger partial charge in [-0.1, -0.05) is 30.3 Å². The summed E-state index contributed by atoms with van der Waals surface area (Å²) < 4.78 is 0. The third-order valence-electron chi connectivity index (χ3n) is 3.13. The normalized spacial score (nSPS) is 13.0. The Bertz CT molecular complexity index is 680. The number of hydrogen-bond donors (Lipinski definition) is 4. The van der Waals surface area contributed by atoms with Crippen LogP contribution in [0.4, 0.5) is 5.69 Å². The summed E-state index contributed by atoms with van der Waals surface area (Å²) in [5, 5.41) is 13.2. The van der Waals surface area contributed by atoms with E-state index in [1.807, 2.05) is 30.3 Å². The van der Waals surface area contributed by atoms with Crippen molar-refractivity contribution in [1.82, 2.24) is 4.98 Å². The van der Waals surface area contributed by atoms with Gasteiger partial charge in [0, 0.05) is 19.8 Å². The second-order valence-electron chi connectivity index (χ2n) is 4.51. The number of rotatable bonds is 5. The minimum Gasteiger partial charge on any atom is -0.387 e. The number of hydrogen-bond acceptors (Lipinski definition) is 4. The number of H-pyrrole nitrogens is 1. The van der Waals surface area contributed by atoms with Crippen LogP contribution in [0.15, 0.2) is 52.4 Å². The second-order valence-corrected chi connectivity index (χ2v) is 4.51. The molecule has 1 aromatic carbocycles. The Kier molecular flexibility index (Phi) is 4.73. The van der Waals surface area contributed by atoms with Gasteiger partial charge in [0.1, 0.15) is 11.4 Å². The number of benzene rings is 1. The predicted octanol–water partition coefficient (Wildman–Crippen LogP) is 0.855. The number of aliphatic hydroxyl groups excluding tert-OH is 1. The maximum absolute atomic E-state index is 11.8. The third kappa shape index (κ3) is 3.49. The first-order valence-electron chi connectivity index (χ1n) is 6.54. The fourth-order valence-corrected chi connectivity index (χ4v) is 1.99. The fraction of sp³-hybridized carbons (Fsp3) is 0.200. The maximum atomic E-state index is 11.8. The highest BCUT2D eigenvalue weighted by Gasteiger charge is 2.12. The highest BCUT2D eigenvalue weighted by molar-refractivity contribution is 6.01. The minimum absolute atomic E-state index is 0.147. The number of aliphatic hydroxyl groups is 1. The van der Waals surface area contributed by atoms with E-state index in [9.17, 15) is 9.90 Å². The average Bonchev–Trinajstić information content (AvgIpc) is 2.52. The quantitative estimate of drug-likeness (QED) is 0.483. The molecule has 6 heteroatoms. The molecule has 2 aromatic rings. The molecule has 0 radical (unpaired) electrons. The number of amidine groups is 1. The van der Waals surface area contributed by atoms with E-state index in [0.29, 0.717) is 5.69 Å². The Balaban J connectivity index is 2.18. The largest absolute Gasteiger partial charge is 0.387 e. The van der Waals surface area contributed by atoms with E-state index in [1.165, 1.54) is 13.2 Å². The van der Waals surface area contributed by atoms with Gasteiger partial charge in [-0.2, -0.15) is 0 Å². The van der Waals surface area contributed by atoms with Crippen molar-refractivity contribution < 1.29 is 5.11 Å². The van der Waals surface area contributed by atoms with Crippen molar-refractivity contribution in [3.63, 3.8) is 0 Å². The van der Waals surface area contributed by atoms with Crippen LogP contribution in [0.1, 0.15) is 17.2 Å². The smallest absolute Gasteiger partial charge is 0.261 e. The number of nitrogens with zero attached hydrogens (tertiary/aromatic N) is 1. The third-order valence-corrected chi connectivity index (χ3v) is 3.13. The van der Waals surface area contributed by atoms with E-state index in [1.54, 1.807) is 6.07 Å². The van der Waals surface area contributed by atoms with Crippen molar-refractivity contribution in [2.75, 3.05) is 18.9 Å². The molecule has 1 heterocycles. The molecule has 0 bridgehead atoms. The Labute approximate surface area is 122 Å². The van der Waals surface area contributed by atoms with Crippen LogP contribution in [0.5, 0.6) is 0 Å². The zero-order valence-corrected chi connectivity index (χ0v) is 11.7. The predicted molar refractivity (Wildman–Crippen MR) is 83.6 cm³/mol. The van der Waals surface area contributed by atoms with Crippen LogP contribution in [-0.4, -0.2) is 29.5 Å². The summed E-state index contributed by atoms with van der Waals surface area (Å²) in [6.45, 7) is 0.261. The lowest BCUT2D eigenvalue weighted by atomic mass is 10.1. The highest BCUT2D eigenvalue weighted by Crippen LogP contribution is 2.15. The van der Waals surface area contributed by atoms with Crippen LogP contribution in [0.2, 0.25) is 0 Å². The van der Waals surface area contributed by atoms with Crippen LogP contribution >= 0.6 is 0 Å². The lowest BCUT2D eigenvalue weighted by Gasteiger charge is -2.15. The molecule has 110 valence electrons. The zero-order chi connectivity index (χ0) is 15.2. The molecule has 2 rings (SSSR count). The van der Waals surface area contributed by atoms with Crippen molar-refractivity contribution >= 4 is 11.5 Å². The number of aromatic nitrogens is 1. The van der Waals surface area contributed by atoms with Crippen LogP contribution < -0.4 is 16.6 Å². The van der Waals surface area contributed by atoms with E-state index in [-0.39, 0.29) is 23.5 Å². The summed E-state index contributed by atoms with van der Waals surface area (Å²) >= 11 is 0. The Morgan fingerprint density at radius 2 is 2.10 bits per heavy atom. The molecule has 1 atom stereocenters. The van der Waals surface area contributed by atoms with Crippen molar-refractivity contribution in [3.05, 3.63) is 64.1 Å². The van der Waals surface area contributed by atoms with Gasteiger partial charge in [0.15, 0.2) is 0 Å². The van der Waals surface area contributed by atoms with Crippen molar-refractivity contribution in [2.24, 2.45) is 10.7 Å². The molecule has 0 aliphatic carbocycles. The molecular weight excluding hydrogens is 268 g/mol. The van der Waals surface area contributed by atoms with Crippen molar-refractivity contribution in [2.45, 2.75) is 6.10 Å². The average molecular weight is 286 g/mol. The van der Waals surface area contributed by atoms with Gasteiger partial charge in [-0.15, -0.1) is 0 Å². The molecule has 0 unspecified atom stereocenters. The first-order valence-corrected chi connectivity index (χ1v) is 6.54. The first kappa shape index (κ1) is 14.8.